The Morgan fingerprint density at radius 2 is 2.23 bits per heavy atom. The van der Waals surface area contributed by atoms with Crippen molar-refractivity contribution in [3.05, 3.63) is 16.1 Å². The second-order valence-corrected chi connectivity index (χ2v) is 4.65. The van der Waals surface area contributed by atoms with E-state index in [1.807, 2.05) is 12.4 Å². The van der Waals surface area contributed by atoms with E-state index >= 15 is 0 Å². The first-order valence-corrected chi connectivity index (χ1v) is 5.75. The summed E-state index contributed by atoms with van der Waals surface area (Å²) in [5, 5.41) is 9.84. The van der Waals surface area contributed by atoms with E-state index in [1.165, 1.54) is 17.7 Å². The topological polar surface area (TPSA) is 33.1 Å². The van der Waals surface area contributed by atoms with Crippen molar-refractivity contribution in [2.24, 2.45) is 0 Å². The highest BCUT2D eigenvalue weighted by atomic mass is 32.1. The first kappa shape index (κ1) is 9.16. The van der Waals surface area contributed by atoms with Crippen molar-refractivity contribution in [3.8, 4) is 0 Å². The molecule has 0 bridgehead atoms. The zero-order valence-electron chi connectivity index (χ0n) is 7.86. The molecule has 0 radical (unpaired) electrons. The Bertz CT molecular complexity index is 284. The average molecular weight is 197 g/mol. The highest BCUT2D eigenvalue weighted by molar-refractivity contribution is 7.09. The van der Waals surface area contributed by atoms with E-state index in [0.717, 1.165) is 18.5 Å². The third kappa shape index (κ3) is 1.76. The predicted molar refractivity (Wildman–Crippen MR) is 54.1 cm³/mol. The second kappa shape index (κ2) is 3.76. The number of aliphatic hydroxyl groups is 1. The molecule has 2 nitrogen and oxygen atoms in total. The molecule has 0 aromatic carbocycles. The van der Waals surface area contributed by atoms with Gasteiger partial charge in [0.05, 0.1) is 17.3 Å². The summed E-state index contributed by atoms with van der Waals surface area (Å²) in [5.41, 5.74) is 2.99. The fourth-order valence-electron chi connectivity index (χ4n) is 2.08. The molecule has 0 amide bonds. The normalized spacial score (nSPS) is 29.1. The Morgan fingerprint density at radius 3 is 2.85 bits per heavy atom. The van der Waals surface area contributed by atoms with E-state index in [-0.39, 0.29) is 6.10 Å². The van der Waals surface area contributed by atoms with Crippen LogP contribution < -0.4 is 0 Å². The van der Waals surface area contributed by atoms with Crippen molar-refractivity contribution in [1.29, 1.82) is 0 Å². The van der Waals surface area contributed by atoms with Gasteiger partial charge >= 0.3 is 0 Å². The molecule has 1 heterocycles. The van der Waals surface area contributed by atoms with Crippen molar-refractivity contribution in [3.63, 3.8) is 0 Å². The molecule has 0 spiro atoms. The van der Waals surface area contributed by atoms with Crippen LogP contribution in [0.2, 0.25) is 0 Å². The summed E-state index contributed by atoms with van der Waals surface area (Å²) in [4.78, 5) is 5.53. The summed E-state index contributed by atoms with van der Waals surface area (Å²) in [6.45, 7) is 2.03. The number of aliphatic hydroxyl groups excluding tert-OH is 1. The second-order valence-electron chi connectivity index (χ2n) is 3.76. The van der Waals surface area contributed by atoms with Gasteiger partial charge in [-0.05, 0) is 19.8 Å². The quantitative estimate of drug-likeness (QED) is 0.750. The smallest absolute Gasteiger partial charge is 0.0797 e. The molecule has 13 heavy (non-hydrogen) atoms. The summed E-state index contributed by atoms with van der Waals surface area (Å²) < 4.78 is 0. The lowest BCUT2D eigenvalue weighted by Crippen LogP contribution is -2.22. The molecule has 1 fully saturated rings. The zero-order chi connectivity index (χ0) is 9.26. The van der Waals surface area contributed by atoms with Crippen LogP contribution in [0.3, 0.4) is 0 Å². The molecule has 0 saturated heterocycles. The van der Waals surface area contributed by atoms with E-state index in [0.29, 0.717) is 5.92 Å². The molecule has 1 aliphatic carbocycles. The number of nitrogens with zero attached hydrogens (tertiary/aromatic N) is 1. The Morgan fingerprint density at radius 1 is 1.46 bits per heavy atom. The maximum Gasteiger partial charge on any atom is 0.0797 e. The molecule has 72 valence electrons. The molecule has 0 unspecified atom stereocenters. The largest absolute Gasteiger partial charge is 0.392 e. The predicted octanol–water partition coefficient (Wildman–Crippen LogP) is 2.47. The maximum absolute atomic E-state index is 9.84. The molecule has 2 atom stereocenters. The highest BCUT2D eigenvalue weighted by Gasteiger charge is 2.26. The Balaban J connectivity index is 2.19. The van der Waals surface area contributed by atoms with Gasteiger partial charge in [-0.15, -0.1) is 11.3 Å². The van der Waals surface area contributed by atoms with Gasteiger partial charge in [-0.25, -0.2) is 4.98 Å². The summed E-state index contributed by atoms with van der Waals surface area (Å²) >= 11 is 1.69. The van der Waals surface area contributed by atoms with E-state index in [4.69, 9.17) is 0 Å². The zero-order valence-corrected chi connectivity index (χ0v) is 8.68. The van der Waals surface area contributed by atoms with Gasteiger partial charge in [0.25, 0.3) is 0 Å². The van der Waals surface area contributed by atoms with E-state index in [9.17, 15) is 5.11 Å². The van der Waals surface area contributed by atoms with Crippen LogP contribution in [-0.2, 0) is 0 Å². The molecule has 1 saturated carbocycles. The Labute approximate surface area is 82.6 Å². The third-order valence-electron chi connectivity index (χ3n) is 2.85. The van der Waals surface area contributed by atoms with Gasteiger partial charge in [0.2, 0.25) is 0 Å². The molecular weight excluding hydrogens is 182 g/mol. The molecule has 1 aliphatic rings. The van der Waals surface area contributed by atoms with E-state index in [1.54, 1.807) is 11.3 Å². The highest BCUT2D eigenvalue weighted by Crippen LogP contribution is 2.36. The summed E-state index contributed by atoms with van der Waals surface area (Å²) in [6.07, 6.45) is 4.38. The molecule has 1 N–H and O–H groups in total. The molecule has 0 aliphatic heterocycles. The first-order valence-electron chi connectivity index (χ1n) is 4.87. The SMILES string of the molecule is Cc1ncsc1[C@@H]1CCCC[C@H]1O. The van der Waals surface area contributed by atoms with Gasteiger partial charge in [0.15, 0.2) is 0 Å². The van der Waals surface area contributed by atoms with Crippen molar-refractivity contribution in [2.45, 2.75) is 44.6 Å². The summed E-state index contributed by atoms with van der Waals surface area (Å²) in [5.74, 6) is 0.362. The van der Waals surface area contributed by atoms with Gasteiger partial charge in [0.1, 0.15) is 0 Å². The van der Waals surface area contributed by atoms with Crippen LogP contribution in [0.15, 0.2) is 5.51 Å². The molecule has 1 aromatic rings. The average Bonchev–Trinajstić information content (AvgIpc) is 2.52. The van der Waals surface area contributed by atoms with Crippen LogP contribution in [0.5, 0.6) is 0 Å². The lowest BCUT2D eigenvalue weighted by molar-refractivity contribution is 0.107. The minimum Gasteiger partial charge on any atom is -0.392 e. The van der Waals surface area contributed by atoms with E-state index < -0.39 is 0 Å². The number of thiazole rings is 1. The molecular formula is C10H15NOS. The fraction of sp³-hybridized carbons (Fsp3) is 0.700. The fourth-order valence-corrected chi connectivity index (χ4v) is 3.08. The van der Waals surface area contributed by atoms with Crippen LogP contribution in [0.25, 0.3) is 0 Å². The van der Waals surface area contributed by atoms with Crippen molar-refractivity contribution in [2.75, 3.05) is 0 Å². The number of hydrogen-bond acceptors (Lipinski definition) is 3. The lowest BCUT2D eigenvalue weighted by Gasteiger charge is -2.26. The summed E-state index contributed by atoms with van der Waals surface area (Å²) in [7, 11) is 0. The van der Waals surface area contributed by atoms with Crippen LogP contribution >= 0.6 is 11.3 Å². The molecule has 1 aromatic heterocycles. The van der Waals surface area contributed by atoms with Crippen LogP contribution in [-0.4, -0.2) is 16.2 Å². The monoisotopic (exact) mass is 197 g/mol. The molecule has 3 heteroatoms. The van der Waals surface area contributed by atoms with Crippen molar-refractivity contribution >= 4 is 11.3 Å². The van der Waals surface area contributed by atoms with Crippen LogP contribution in [0, 0.1) is 6.92 Å². The lowest BCUT2D eigenvalue weighted by atomic mass is 9.85. The number of hydrogen-bond donors (Lipinski definition) is 1. The maximum atomic E-state index is 9.84. The van der Waals surface area contributed by atoms with Gasteiger partial charge in [-0.3, -0.25) is 0 Å². The standard InChI is InChI=1S/C10H15NOS/c1-7-10(13-6-11-7)8-4-2-3-5-9(8)12/h6,8-9,12H,2-5H2,1H3/t8-,9-/m1/s1. The number of aryl methyl sites for hydroxylation is 1. The van der Waals surface area contributed by atoms with E-state index in [2.05, 4.69) is 4.98 Å². The Hall–Kier alpha value is -0.410. The summed E-state index contributed by atoms with van der Waals surface area (Å²) in [6, 6.07) is 0. The minimum atomic E-state index is -0.132. The van der Waals surface area contributed by atoms with Gasteiger partial charge in [-0.1, -0.05) is 12.8 Å². The van der Waals surface area contributed by atoms with Gasteiger partial charge in [0, 0.05) is 10.8 Å². The first-order chi connectivity index (χ1) is 6.29. The van der Waals surface area contributed by atoms with Crippen molar-refractivity contribution < 1.29 is 5.11 Å². The van der Waals surface area contributed by atoms with Crippen LogP contribution in [0.1, 0.15) is 42.2 Å². The number of aromatic nitrogens is 1. The van der Waals surface area contributed by atoms with Crippen molar-refractivity contribution in [1.82, 2.24) is 4.98 Å². The van der Waals surface area contributed by atoms with Crippen LogP contribution in [0.4, 0.5) is 0 Å². The number of rotatable bonds is 1. The Kier molecular flexibility index (Phi) is 2.65. The van der Waals surface area contributed by atoms with Gasteiger partial charge in [-0.2, -0.15) is 0 Å². The molecule has 2 rings (SSSR count). The third-order valence-corrected chi connectivity index (χ3v) is 3.91. The minimum absolute atomic E-state index is 0.132. The van der Waals surface area contributed by atoms with Gasteiger partial charge < -0.3 is 5.11 Å².